The maximum absolute atomic E-state index is 15.0. The first-order chi connectivity index (χ1) is 17.2. The fraction of sp³-hybridized carbons (Fsp3) is 0.471. The van der Waals surface area contributed by atoms with Gasteiger partial charge in [-0.25, -0.2) is 4.39 Å². The van der Waals surface area contributed by atoms with Gasteiger partial charge in [0, 0.05) is 5.56 Å². The Morgan fingerprint density at radius 1 is 0.829 bits per heavy atom. The van der Waals surface area contributed by atoms with E-state index in [-0.39, 0.29) is 5.82 Å². The number of hydrogen-bond donors (Lipinski definition) is 0. The molecule has 4 atom stereocenters. The average Bonchev–Trinajstić information content (AvgIpc) is 2.89. The van der Waals surface area contributed by atoms with Crippen LogP contribution in [-0.4, -0.2) is 0 Å². The monoisotopic (exact) mass is 468 g/mol. The first-order valence-corrected chi connectivity index (χ1v) is 13.8. The zero-order chi connectivity index (χ0) is 24.5. The molecule has 0 N–H and O–H groups in total. The summed E-state index contributed by atoms with van der Waals surface area (Å²) in [6.45, 7) is 4.17. The number of aryl methyl sites for hydroxylation is 1. The van der Waals surface area contributed by atoms with Gasteiger partial charge in [0.2, 0.25) is 0 Å². The molecule has 4 rings (SSSR count). The molecule has 2 aliphatic carbocycles. The molecule has 0 aliphatic heterocycles. The van der Waals surface area contributed by atoms with E-state index < -0.39 is 0 Å². The van der Waals surface area contributed by atoms with E-state index in [0.717, 1.165) is 36.2 Å². The Kier molecular flexibility index (Phi) is 9.42. The quantitative estimate of drug-likeness (QED) is 0.280. The van der Waals surface area contributed by atoms with Crippen LogP contribution < -0.4 is 0 Å². The van der Waals surface area contributed by atoms with Crippen molar-refractivity contribution in [2.75, 3.05) is 0 Å². The van der Waals surface area contributed by atoms with E-state index in [1.807, 2.05) is 25.1 Å². The standard InChI is InChI=1S/C34H41F/c1-3-5-7-9-26-11-13-27(14-12-26)15-17-29-19-20-33(25-34(29)35)32-22-21-30-23-28(10-8-6-4-2)16-18-31(30)24-32/h3-6,11-14,19-20,25,28,30-32H,7-10,16,18,21-24H2,1-2H3/b5-3+,6-4+. The normalized spacial score (nSPS) is 24.3. The Morgan fingerprint density at radius 2 is 1.57 bits per heavy atom. The fourth-order valence-electron chi connectivity index (χ4n) is 6.25. The number of allylic oxidation sites excluding steroid dienone is 4. The van der Waals surface area contributed by atoms with E-state index in [4.69, 9.17) is 0 Å². The van der Waals surface area contributed by atoms with E-state index in [0.29, 0.717) is 11.5 Å². The van der Waals surface area contributed by atoms with Crippen molar-refractivity contribution in [3.8, 4) is 11.8 Å². The first kappa shape index (κ1) is 25.5. The Labute approximate surface area is 212 Å². The molecule has 2 aromatic rings. The van der Waals surface area contributed by atoms with Crippen molar-refractivity contribution in [2.45, 2.75) is 84.0 Å². The fourth-order valence-corrected chi connectivity index (χ4v) is 6.25. The summed E-state index contributed by atoms with van der Waals surface area (Å²) in [6, 6.07) is 14.1. The lowest BCUT2D eigenvalue weighted by atomic mass is 9.63. The smallest absolute Gasteiger partial charge is 0.139 e. The van der Waals surface area contributed by atoms with Gasteiger partial charge in [-0.3, -0.25) is 0 Å². The van der Waals surface area contributed by atoms with Gasteiger partial charge in [0.1, 0.15) is 5.82 Å². The van der Waals surface area contributed by atoms with E-state index in [1.165, 1.54) is 62.5 Å². The van der Waals surface area contributed by atoms with Crippen LogP contribution in [-0.2, 0) is 6.42 Å². The Bertz CT molecular complexity index is 1060. The number of fused-ring (bicyclic) bond motifs is 1. The molecule has 0 aromatic heterocycles. The van der Waals surface area contributed by atoms with Gasteiger partial charge in [0.15, 0.2) is 0 Å². The summed E-state index contributed by atoms with van der Waals surface area (Å²) in [4.78, 5) is 0. The molecule has 184 valence electrons. The van der Waals surface area contributed by atoms with Gasteiger partial charge in [0.25, 0.3) is 0 Å². The highest BCUT2D eigenvalue weighted by Crippen LogP contribution is 2.48. The van der Waals surface area contributed by atoms with Crippen LogP contribution in [0.15, 0.2) is 66.8 Å². The van der Waals surface area contributed by atoms with Gasteiger partial charge in [-0.1, -0.05) is 60.8 Å². The van der Waals surface area contributed by atoms with Crippen LogP contribution in [0.25, 0.3) is 0 Å². The summed E-state index contributed by atoms with van der Waals surface area (Å²) < 4.78 is 15.0. The van der Waals surface area contributed by atoms with E-state index in [9.17, 15) is 4.39 Å². The molecule has 0 spiro atoms. The summed E-state index contributed by atoms with van der Waals surface area (Å²) in [5, 5.41) is 0. The molecule has 0 nitrogen and oxygen atoms in total. The van der Waals surface area contributed by atoms with Crippen LogP contribution in [0.2, 0.25) is 0 Å². The minimum Gasteiger partial charge on any atom is -0.206 e. The third kappa shape index (κ3) is 7.20. The van der Waals surface area contributed by atoms with Gasteiger partial charge < -0.3 is 0 Å². The average molecular weight is 469 g/mol. The maximum Gasteiger partial charge on any atom is 0.139 e. The van der Waals surface area contributed by atoms with Crippen molar-refractivity contribution < 1.29 is 4.39 Å². The van der Waals surface area contributed by atoms with Crippen LogP contribution in [0.3, 0.4) is 0 Å². The van der Waals surface area contributed by atoms with E-state index in [1.54, 1.807) is 6.07 Å². The molecule has 0 heterocycles. The highest BCUT2D eigenvalue weighted by molar-refractivity contribution is 5.45. The van der Waals surface area contributed by atoms with Crippen molar-refractivity contribution in [1.29, 1.82) is 0 Å². The highest BCUT2D eigenvalue weighted by Gasteiger charge is 2.35. The number of benzene rings is 2. The van der Waals surface area contributed by atoms with Gasteiger partial charge in [0.05, 0.1) is 5.56 Å². The van der Waals surface area contributed by atoms with Crippen molar-refractivity contribution in [3.63, 3.8) is 0 Å². The van der Waals surface area contributed by atoms with Gasteiger partial charge in [-0.2, -0.15) is 0 Å². The third-order valence-corrected chi connectivity index (χ3v) is 8.29. The second-order valence-electron chi connectivity index (χ2n) is 10.6. The van der Waals surface area contributed by atoms with Crippen molar-refractivity contribution >= 4 is 0 Å². The predicted molar refractivity (Wildman–Crippen MR) is 147 cm³/mol. The first-order valence-electron chi connectivity index (χ1n) is 13.8. The molecular formula is C34H41F. The van der Waals surface area contributed by atoms with Crippen molar-refractivity contribution in [2.24, 2.45) is 17.8 Å². The zero-order valence-electron chi connectivity index (χ0n) is 21.6. The second kappa shape index (κ2) is 12.9. The zero-order valence-corrected chi connectivity index (χ0v) is 21.6. The minimum absolute atomic E-state index is 0.173. The number of rotatable bonds is 7. The molecule has 0 amide bonds. The number of halogens is 1. The maximum atomic E-state index is 15.0. The Hall–Kier alpha value is -2.59. The summed E-state index contributed by atoms with van der Waals surface area (Å²) in [5.74, 6) is 9.17. The summed E-state index contributed by atoms with van der Waals surface area (Å²) in [7, 11) is 0. The summed E-state index contributed by atoms with van der Waals surface area (Å²) in [5.41, 5.74) is 3.91. The SMILES string of the molecule is C/C=C/CCc1ccc(C#Cc2ccc(C3CCC4CC(CC/C=C/C)CCC4C3)cc2F)cc1. The molecule has 1 heteroatoms. The molecular weight excluding hydrogens is 427 g/mol. The van der Waals surface area contributed by atoms with Gasteiger partial charge in [-0.05, 0) is 131 Å². The minimum atomic E-state index is -0.173. The molecule has 0 radical (unpaired) electrons. The lowest BCUT2D eigenvalue weighted by Crippen LogP contribution is -2.30. The lowest BCUT2D eigenvalue weighted by molar-refractivity contribution is 0.115. The number of hydrogen-bond acceptors (Lipinski definition) is 0. The molecule has 4 unspecified atom stereocenters. The third-order valence-electron chi connectivity index (χ3n) is 8.29. The molecule has 0 saturated heterocycles. The van der Waals surface area contributed by atoms with Crippen LogP contribution >= 0.6 is 0 Å². The molecule has 0 bridgehead atoms. The van der Waals surface area contributed by atoms with Gasteiger partial charge in [-0.15, -0.1) is 0 Å². The van der Waals surface area contributed by atoms with Crippen LogP contribution in [0.4, 0.5) is 4.39 Å². The Morgan fingerprint density at radius 3 is 2.34 bits per heavy atom. The molecule has 2 aromatic carbocycles. The molecule has 2 saturated carbocycles. The predicted octanol–water partition coefficient (Wildman–Crippen LogP) is 9.39. The Balaban J connectivity index is 1.33. The highest BCUT2D eigenvalue weighted by atomic mass is 19.1. The van der Waals surface area contributed by atoms with Crippen LogP contribution in [0.5, 0.6) is 0 Å². The topological polar surface area (TPSA) is 0 Å². The van der Waals surface area contributed by atoms with Crippen molar-refractivity contribution in [1.82, 2.24) is 0 Å². The summed E-state index contributed by atoms with van der Waals surface area (Å²) >= 11 is 0. The van der Waals surface area contributed by atoms with E-state index >= 15 is 0 Å². The second-order valence-corrected chi connectivity index (χ2v) is 10.6. The largest absolute Gasteiger partial charge is 0.206 e. The summed E-state index contributed by atoms with van der Waals surface area (Å²) in [6.07, 6.45) is 21.3. The van der Waals surface area contributed by atoms with Gasteiger partial charge >= 0.3 is 0 Å². The molecule has 35 heavy (non-hydrogen) atoms. The van der Waals surface area contributed by atoms with Crippen molar-refractivity contribution in [3.05, 3.63) is 94.8 Å². The van der Waals surface area contributed by atoms with Crippen LogP contribution in [0.1, 0.15) is 99.8 Å². The lowest BCUT2D eigenvalue weighted by Gasteiger charge is -2.42. The molecule has 2 fully saturated rings. The van der Waals surface area contributed by atoms with E-state index in [2.05, 4.69) is 61.3 Å². The van der Waals surface area contributed by atoms with Crippen LogP contribution in [0, 0.1) is 35.4 Å². The molecule has 2 aliphatic rings.